The van der Waals surface area contributed by atoms with Crippen LogP contribution in [0.15, 0.2) is 29.2 Å². The van der Waals surface area contributed by atoms with Crippen molar-refractivity contribution in [3.05, 3.63) is 41.1 Å². The zero-order valence-electron chi connectivity index (χ0n) is 23.0. The number of nitrogens with zero attached hydrogens (tertiary/aromatic N) is 1. The highest BCUT2D eigenvalue weighted by Crippen LogP contribution is 2.43. The van der Waals surface area contributed by atoms with Crippen molar-refractivity contribution in [3.63, 3.8) is 0 Å². The molecular formula is C26H30F9N3O3S. The molecule has 1 aliphatic rings. The molecule has 0 bridgehead atoms. The minimum atomic E-state index is -5.74. The van der Waals surface area contributed by atoms with Gasteiger partial charge in [-0.1, -0.05) is 6.07 Å². The Morgan fingerprint density at radius 2 is 1.57 bits per heavy atom. The maximum absolute atomic E-state index is 14.1. The molecule has 2 aromatic rings. The van der Waals surface area contributed by atoms with Crippen molar-refractivity contribution in [2.75, 3.05) is 13.2 Å². The van der Waals surface area contributed by atoms with Gasteiger partial charge in [0.2, 0.25) is 0 Å². The largest absolute Gasteiger partial charge is 0.417 e. The zero-order valence-corrected chi connectivity index (χ0v) is 23.8. The van der Waals surface area contributed by atoms with Crippen LogP contribution >= 0.6 is 0 Å². The number of rotatable bonds is 7. The summed E-state index contributed by atoms with van der Waals surface area (Å²) < 4.78 is 144. The number of ether oxygens (including phenoxy) is 1. The number of alkyl halides is 9. The van der Waals surface area contributed by atoms with Gasteiger partial charge in [-0.05, 0) is 64.3 Å². The Morgan fingerprint density at radius 3 is 2.07 bits per heavy atom. The molecule has 236 valence electrons. The van der Waals surface area contributed by atoms with Crippen molar-refractivity contribution >= 4 is 16.9 Å². The number of carbonyl (C=O) groups excluding carboxylic acids is 1. The van der Waals surface area contributed by atoms with Crippen LogP contribution in [0.3, 0.4) is 0 Å². The standard InChI is InChI=1S/C26H30F9N3O3S/c1-14-17(22(39)36-16-7-9-41-10-8-16)12-19(38(14)13-21(25(30,31)32)26(33,34)35)15-5-6-20(18(11-15)24(27,28)29)42(40)37-23(2,3)4/h5-6,11-12,16,21,37H,7-10,13H2,1-4H3,(H,36,39). The molecule has 1 saturated heterocycles. The minimum absolute atomic E-state index is 0.296. The average Bonchev–Trinajstić information content (AvgIpc) is 3.15. The first-order chi connectivity index (χ1) is 19.1. The Kier molecular flexibility index (Phi) is 9.84. The van der Waals surface area contributed by atoms with Crippen LogP contribution in [0.25, 0.3) is 11.3 Å². The molecule has 0 saturated carbocycles. The molecule has 1 atom stereocenters. The van der Waals surface area contributed by atoms with E-state index in [0.29, 0.717) is 36.7 Å². The van der Waals surface area contributed by atoms with E-state index in [9.17, 15) is 48.5 Å². The molecule has 1 aliphatic heterocycles. The molecular weight excluding hydrogens is 605 g/mol. The summed E-state index contributed by atoms with van der Waals surface area (Å²) in [6.45, 7) is 4.72. The fraction of sp³-hybridized carbons (Fsp3) is 0.577. The quantitative estimate of drug-likeness (QED) is 0.340. The summed E-state index contributed by atoms with van der Waals surface area (Å²) in [4.78, 5) is 12.4. The number of halogens is 9. The lowest BCUT2D eigenvalue weighted by atomic mass is 10.1. The highest BCUT2D eigenvalue weighted by molar-refractivity contribution is 7.83. The maximum Gasteiger partial charge on any atom is 0.417 e. The van der Waals surface area contributed by atoms with Crippen LogP contribution in [0, 0.1) is 12.8 Å². The maximum atomic E-state index is 14.1. The van der Waals surface area contributed by atoms with Crippen LogP contribution in [-0.4, -0.2) is 51.8 Å². The van der Waals surface area contributed by atoms with Crippen LogP contribution in [0.1, 0.15) is 55.2 Å². The SMILES string of the molecule is Cc1c(C(=O)NC2CCOCC2)cc(-c2ccc(S(=O)NC(C)(C)C)c(C(F)(F)F)c2)n1CC(C(F)(F)F)C(F)(F)F. The smallest absolute Gasteiger partial charge is 0.381 e. The van der Waals surface area contributed by atoms with Crippen LogP contribution < -0.4 is 10.0 Å². The highest BCUT2D eigenvalue weighted by atomic mass is 32.2. The summed E-state index contributed by atoms with van der Waals surface area (Å²) in [6.07, 6.45) is -15.7. The number of nitrogens with one attached hydrogen (secondary N) is 2. The van der Waals surface area contributed by atoms with Gasteiger partial charge in [0.05, 0.1) is 16.0 Å². The monoisotopic (exact) mass is 635 g/mol. The van der Waals surface area contributed by atoms with Crippen LogP contribution in [0.5, 0.6) is 0 Å². The lowest BCUT2D eigenvalue weighted by molar-refractivity contribution is -0.287. The van der Waals surface area contributed by atoms with Crippen LogP contribution in [0.4, 0.5) is 39.5 Å². The second-order valence-corrected chi connectivity index (χ2v) is 12.1. The fourth-order valence-corrected chi connectivity index (χ4v) is 5.67. The van der Waals surface area contributed by atoms with Crippen molar-refractivity contribution in [1.82, 2.24) is 14.6 Å². The molecule has 1 aromatic heterocycles. The topological polar surface area (TPSA) is 72.4 Å². The van der Waals surface area contributed by atoms with Gasteiger partial charge < -0.3 is 14.6 Å². The van der Waals surface area contributed by atoms with Crippen LogP contribution in [-0.2, 0) is 28.4 Å². The molecule has 6 nitrogen and oxygen atoms in total. The van der Waals surface area contributed by atoms with E-state index in [1.165, 1.54) is 0 Å². The molecule has 1 unspecified atom stereocenters. The third kappa shape index (κ3) is 8.28. The van der Waals surface area contributed by atoms with Gasteiger partial charge >= 0.3 is 18.5 Å². The Hall–Kier alpha value is -2.59. The number of hydrogen-bond acceptors (Lipinski definition) is 3. The molecule has 16 heteroatoms. The molecule has 0 aliphatic carbocycles. The molecule has 3 rings (SSSR count). The molecule has 2 N–H and O–H groups in total. The number of hydrogen-bond donors (Lipinski definition) is 2. The van der Waals surface area contributed by atoms with Gasteiger partial charge in [0.15, 0.2) is 5.92 Å². The lowest BCUT2D eigenvalue weighted by Crippen LogP contribution is -2.40. The predicted molar refractivity (Wildman–Crippen MR) is 136 cm³/mol. The van der Waals surface area contributed by atoms with E-state index in [0.717, 1.165) is 25.1 Å². The third-order valence-corrected chi connectivity index (χ3v) is 8.06. The van der Waals surface area contributed by atoms with Crippen molar-refractivity contribution in [2.24, 2.45) is 5.92 Å². The van der Waals surface area contributed by atoms with Gasteiger partial charge in [0, 0.05) is 42.7 Å². The summed E-state index contributed by atoms with van der Waals surface area (Å²) >= 11 is 0. The lowest BCUT2D eigenvalue weighted by Gasteiger charge is -2.26. The van der Waals surface area contributed by atoms with E-state index in [-0.39, 0.29) is 17.3 Å². The van der Waals surface area contributed by atoms with Crippen molar-refractivity contribution in [2.45, 2.75) is 82.1 Å². The summed E-state index contributed by atoms with van der Waals surface area (Å²) in [7, 11) is -2.37. The summed E-state index contributed by atoms with van der Waals surface area (Å²) in [5, 5.41) is 2.66. The van der Waals surface area contributed by atoms with Crippen molar-refractivity contribution < 1.29 is 53.3 Å². The Balaban J connectivity index is 2.19. The van der Waals surface area contributed by atoms with Gasteiger partial charge in [-0.25, -0.2) is 8.93 Å². The summed E-state index contributed by atoms with van der Waals surface area (Å²) in [5.74, 6) is -4.68. The Labute approximate surface area is 238 Å². The Bertz CT molecular complexity index is 1290. The number of benzene rings is 1. The number of carbonyl (C=O) groups is 1. The normalized spacial score (nSPS) is 16.6. The van der Waals surface area contributed by atoms with Gasteiger partial charge in [0.25, 0.3) is 5.91 Å². The van der Waals surface area contributed by atoms with E-state index in [1.807, 2.05) is 0 Å². The average molecular weight is 636 g/mol. The van der Waals surface area contributed by atoms with Gasteiger partial charge in [-0.3, -0.25) is 4.79 Å². The number of amides is 1. The van der Waals surface area contributed by atoms with Gasteiger partial charge in [0.1, 0.15) is 11.0 Å². The molecule has 42 heavy (non-hydrogen) atoms. The van der Waals surface area contributed by atoms with E-state index in [1.54, 1.807) is 20.8 Å². The van der Waals surface area contributed by atoms with Gasteiger partial charge in [-0.15, -0.1) is 0 Å². The second-order valence-electron chi connectivity index (χ2n) is 11.0. The first-order valence-electron chi connectivity index (χ1n) is 12.7. The molecule has 1 aromatic carbocycles. The molecule has 1 amide bonds. The van der Waals surface area contributed by atoms with Crippen molar-refractivity contribution in [3.8, 4) is 11.3 Å². The first-order valence-corrected chi connectivity index (χ1v) is 13.9. The number of aromatic nitrogens is 1. The molecule has 2 heterocycles. The first kappa shape index (κ1) is 33.9. The summed E-state index contributed by atoms with van der Waals surface area (Å²) in [5.41, 5.74) is -3.77. The predicted octanol–water partition coefficient (Wildman–Crippen LogP) is 6.54. The minimum Gasteiger partial charge on any atom is -0.381 e. The van der Waals surface area contributed by atoms with Crippen LogP contribution in [0.2, 0.25) is 0 Å². The van der Waals surface area contributed by atoms with Gasteiger partial charge in [-0.2, -0.15) is 39.5 Å². The van der Waals surface area contributed by atoms with E-state index in [2.05, 4.69) is 10.0 Å². The highest BCUT2D eigenvalue weighted by Gasteiger charge is 2.57. The summed E-state index contributed by atoms with van der Waals surface area (Å²) in [6, 6.07) is 2.94. The second kappa shape index (κ2) is 12.2. The van der Waals surface area contributed by atoms with E-state index < -0.39 is 75.1 Å². The Morgan fingerprint density at radius 1 is 1.00 bits per heavy atom. The molecule has 0 spiro atoms. The van der Waals surface area contributed by atoms with Crippen molar-refractivity contribution in [1.29, 1.82) is 0 Å². The fourth-order valence-electron chi connectivity index (χ4n) is 4.44. The van der Waals surface area contributed by atoms with E-state index in [4.69, 9.17) is 4.74 Å². The van der Waals surface area contributed by atoms with E-state index >= 15 is 0 Å². The third-order valence-electron chi connectivity index (χ3n) is 6.50. The zero-order chi connectivity index (χ0) is 31.8. The molecule has 1 fully saturated rings. The molecule has 0 radical (unpaired) electrons.